The Morgan fingerprint density at radius 3 is 2.25 bits per heavy atom. The summed E-state index contributed by atoms with van der Waals surface area (Å²) in [6.07, 6.45) is 7.21. The van der Waals surface area contributed by atoms with Crippen LogP contribution >= 0.6 is 0 Å². The number of nitrogens with zero attached hydrogens (tertiary/aromatic N) is 1. The second kappa shape index (κ2) is 8.10. The fourth-order valence-electron chi connectivity index (χ4n) is 0.686. The van der Waals surface area contributed by atoms with Crippen LogP contribution in [-0.4, -0.2) is 34.1 Å². The van der Waals surface area contributed by atoms with E-state index in [0.717, 1.165) is 0 Å². The summed E-state index contributed by atoms with van der Waals surface area (Å²) in [7, 11) is 0. The fraction of sp³-hybridized carbons (Fsp3) is 0.200. The molecule has 1 aliphatic rings. The van der Waals surface area contributed by atoms with Crippen molar-refractivity contribution in [1.29, 1.82) is 0 Å². The predicted octanol–water partition coefficient (Wildman–Crippen LogP) is 0.646. The first-order valence-electron chi connectivity index (χ1n) is 4.34. The molecule has 6 nitrogen and oxygen atoms in total. The number of ketones is 1. The number of Topliss-reactive ketones (excluding diaryl/α,β-unsaturated/α-hetero) is 1. The molecule has 0 aromatic rings. The van der Waals surface area contributed by atoms with Crippen LogP contribution in [0.25, 0.3) is 0 Å². The summed E-state index contributed by atoms with van der Waals surface area (Å²) in [4.78, 5) is 33.4. The molecule has 1 heterocycles. The number of aliphatic carboxylic acids is 2. The number of hydrogen-bond acceptors (Lipinski definition) is 4. The van der Waals surface area contributed by atoms with Crippen LogP contribution in [0.5, 0.6) is 0 Å². The van der Waals surface area contributed by atoms with Crippen molar-refractivity contribution in [3.05, 3.63) is 24.4 Å². The highest BCUT2D eigenvalue weighted by Crippen LogP contribution is 1.93. The van der Waals surface area contributed by atoms with Gasteiger partial charge in [0.25, 0.3) is 0 Å². The first kappa shape index (κ1) is 13.8. The van der Waals surface area contributed by atoms with Gasteiger partial charge in [0.1, 0.15) is 5.78 Å². The maximum Gasteiger partial charge on any atom is 0.328 e. The Labute approximate surface area is 91.6 Å². The predicted molar refractivity (Wildman–Crippen MR) is 56.3 cm³/mol. The van der Waals surface area contributed by atoms with E-state index in [0.29, 0.717) is 25.0 Å². The lowest BCUT2D eigenvalue weighted by molar-refractivity contribution is -0.134. The number of carboxylic acids is 2. The van der Waals surface area contributed by atoms with E-state index in [2.05, 4.69) is 4.99 Å². The van der Waals surface area contributed by atoms with Crippen LogP contribution in [-0.2, 0) is 14.4 Å². The van der Waals surface area contributed by atoms with Crippen LogP contribution in [0.15, 0.2) is 29.4 Å². The molecule has 0 radical (unpaired) electrons. The fourth-order valence-corrected chi connectivity index (χ4v) is 0.686. The van der Waals surface area contributed by atoms with E-state index in [9.17, 15) is 14.4 Å². The van der Waals surface area contributed by atoms with E-state index in [1.165, 1.54) is 0 Å². The van der Waals surface area contributed by atoms with Crippen LogP contribution < -0.4 is 0 Å². The van der Waals surface area contributed by atoms with Gasteiger partial charge in [-0.25, -0.2) is 9.59 Å². The molecule has 0 spiro atoms. The Morgan fingerprint density at radius 1 is 1.19 bits per heavy atom. The van der Waals surface area contributed by atoms with Gasteiger partial charge in [-0.2, -0.15) is 0 Å². The zero-order valence-electron chi connectivity index (χ0n) is 8.37. The first-order chi connectivity index (χ1) is 7.52. The van der Waals surface area contributed by atoms with E-state index >= 15 is 0 Å². The first-order valence-corrected chi connectivity index (χ1v) is 4.34. The summed E-state index contributed by atoms with van der Waals surface area (Å²) in [6.45, 7) is 0. The maximum atomic E-state index is 10.5. The molecular weight excluding hydrogens is 214 g/mol. The van der Waals surface area contributed by atoms with E-state index < -0.39 is 11.9 Å². The van der Waals surface area contributed by atoms with Gasteiger partial charge in [-0.05, 0) is 0 Å². The molecule has 0 aromatic carbocycles. The molecule has 2 N–H and O–H groups in total. The SMILES string of the molecule is O=C(O)/C=C/C(=O)O.O=C1CC=CN=CC1. The Kier molecular flexibility index (Phi) is 6.97. The summed E-state index contributed by atoms with van der Waals surface area (Å²) in [5.74, 6) is -2.28. The zero-order valence-corrected chi connectivity index (χ0v) is 8.37. The van der Waals surface area contributed by atoms with Crippen LogP contribution in [0.3, 0.4) is 0 Å². The minimum Gasteiger partial charge on any atom is -0.478 e. The average molecular weight is 225 g/mol. The molecule has 1 aliphatic heterocycles. The summed E-state index contributed by atoms with van der Waals surface area (Å²) in [5.41, 5.74) is 0. The molecule has 86 valence electrons. The van der Waals surface area contributed by atoms with E-state index in [-0.39, 0.29) is 5.78 Å². The van der Waals surface area contributed by atoms with Crippen LogP contribution in [0.4, 0.5) is 0 Å². The topological polar surface area (TPSA) is 104 Å². The average Bonchev–Trinajstić information content (AvgIpc) is 2.44. The summed E-state index contributed by atoms with van der Waals surface area (Å²) >= 11 is 0. The Hall–Kier alpha value is -2.24. The molecule has 0 atom stereocenters. The van der Waals surface area contributed by atoms with Crippen molar-refractivity contribution in [2.75, 3.05) is 0 Å². The van der Waals surface area contributed by atoms with Crippen molar-refractivity contribution in [2.45, 2.75) is 12.8 Å². The number of hydrogen-bond donors (Lipinski definition) is 2. The van der Waals surface area contributed by atoms with Crippen molar-refractivity contribution in [3.63, 3.8) is 0 Å². The number of aliphatic imine (C=N–C) groups is 1. The van der Waals surface area contributed by atoms with Crippen molar-refractivity contribution in [2.24, 2.45) is 4.99 Å². The second-order valence-electron chi connectivity index (χ2n) is 2.67. The highest BCUT2D eigenvalue weighted by molar-refractivity contribution is 5.93. The van der Waals surface area contributed by atoms with Crippen LogP contribution in [0.2, 0.25) is 0 Å². The molecule has 0 unspecified atom stereocenters. The van der Waals surface area contributed by atoms with Gasteiger partial charge in [-0.15, -0.1) is 0 Å². The quantitative estimate of drug-likeness (QED) is 0.671. The van der Waals surface area contributed by atoms with Gasteiger partial charge in [0.05, 0.1) is 0 Å². The third-order valence-electron chi connectivity index (χ3n) is 1.33. The standard InChI is InChI=1S/C6H7NO.C4H4O4/c8-6-2-1-4-7-5-3-6;5-3(6)1-2-4(7)8/h1,4-5H,2-3H2;1-2H,(H,5,6)(H,7,8)/b;2-1+. The zero-order chi connectivity index (χ0) is 12.4. The smallest absolute Gasteiger partial charge is 0.328 e. The molecule has 0 saturated heterocycles. The molecule has 6 heteroatoms. The van der Waals surface area contributed by atoms with Crippen molar-refractivity contribution in [1.82, 2.24) is 0 Å². The molecule has 0 amide bonds. The van der Waals surface area contributed by atoms with Gasteiger partial charge in [-0.1, -0.05) is 6.08 Å². The maximum absolute atomic E-state index is 10.5. The number of carbonyl (C=O) groups excluding carboxylic acids is 1. The van der Waals surface area contributed by atoms with Gasteiger partial charge < -0.3 is 10.2 Å². The molecule has 0 aliphatic carbocycles. The molecule has 0 saturated carbocycles. The molecule has 0 aromatic heterocycles. The number of carboxylic acid groups (broad SMARTS) is 2. The summed E-state index contributed by atoms with van der Waals surface area (Å²) < 4.78 is 0. The normalized spacial score (nSPS) is 14.1. The third kappa shape index (κ3) is 9.85. The molecule has 0 bridgehead atoms. The van der Waals surface area contributed by atoms with Gasteiger partial charge in [0.15, 0.2) is 0 Å². The molecule has 16 heavy (non-hydrogen) atoms. The molecular formula is C10H11NO5. The lowest BCUT2D eigenvalue weighted by atomic mass is 10.2. The largest absolute Gasteiger partial charge is 0.478 e. The second-order valence-corrected chi connectivity index (χ2v) is 2.67. The van der Waals surface area contributed by atoms with Crippen molar-refractivity contribution in [3.8, 4) is 0 Å². The Balaban J connectivity index is 0.000000281. The highest BCUT2D eigenvalue weighted by Gasteiger charge is 1.96. The monoisotopic (exact) mass is 225 g/mol. The van der Waals surface area contributed by atoms with Crippen molar-refractivity contribution >= 4 is 23.9 Å². The van der Waals surface area contributed by atoms with Gasteiger partial charge >= 0.3 is 11.9 Å². The number of rotatable bonds is 2. The lowest BCUT2D eigenvalue weighted by Crippen LogP contribution is -1.92. The molecule has 1 rings (SSSR count). The van der Waals surface area contributed by atoms with Gasteiger partial charge in [-0.3, -0.25) is 9.79 Å². The van der Waals surface area contributed by atoms with Crippen LogP contribution in [0, 0.1) is 0 Å². The third-order valence-corrected chi connectivity index (χ3v) is 1.33. The lowest BCUT2D eigenvalue weighted by Gasteiger charge is -1.82. The highest BCUT2D eigenvalue weighted by atomic mass is 16.4. The minimum atomic E-state index is -1.26. The van der Waals surface area contributed by atoms with Gasteiger partial charge in [0.2, 0.25) is 0 Å². The number of carbonyl (C=O) groups is 3. The minimum absolute atomic E-state index is 0.238. The van der Waals surface area contributed by atoms with Gasteiger partial charge in [0, 0.05) is 37.4 Å². The number of allylic oxidation sites excluding steroid dienone is 1. The van der Waals surface area contributed by atoms with E-state index in [1.54, 1.807) is 18.5 Å². The van der Waals surface area contributed by atoms with E-state index in [1.807, 2.05) is 0 Å². The Bertz CT molecular complexity index is 322. The summed E-state index contributed by atoms with van der Waals surface area (Å²) in [6, 6.07) is 0. The van der Waals surface area contributed by atoms with Crippen molar-refractivity contribution < 1.29 is 24.6 Å². The van der Waals surface area contributed by atoms with Crippen LogP contribution in [0.1, 0.15) is 12.8 Å². The summed E-state index contributed by atoms with van der Waals surface area (Å²) in [5, 5.41) is 15.6. The Morgan fingerprint density at radius 2 is 1.75 bits per heavy atom. The van der Waals surface area contributed by atoms with E-state index in [4.69, 9.17) is 10.2 Å². The molecule has 0 fully saturated rings.